The van der Waals surface area contributed by atoms with E-state index in [9.17, 15) is 9.59 Å². The van der Waals surface area contributed by atoms with Crippen molar-refractivity contribution < 1.29 is 19.1 Å². The van der Waals surface area contributed by atoms with Crippen LogP contribution in [0.25, 0.3) is 0 Å². The molecule has 0 bridgehead atoms. The molecular formula is C17H19NO4. The fourth-order valence-corrected chi connectivity index (χ4v) is 3.33. The minimum absolute atomic E-state index is 0.139. The zero-order chi connectivity index (χ0) is 15.9. The molecule has 2 heterocycles. The monoisotopic (exact) mass is 301 g/mol. The van der Waals surface area contributed by atoms with Gasteiger partial charge in [0, 0.05) is 6.92 Å². The van der Waals surface area contributed by atoms with Crippen LogP contribution in [-0.4, -0.2) is 35.7 Å². The molecule has 116 valence electrons. The Morgan fingerprint density at radius 2 is 1.95 bits per heavy atom. The van der Waals surface area contributed by atoms with Crippen LogP contribution in [0.3, 0.4) is 0 Å². The Kier molecular flexibility index (Phi) is 3.53. The van der Waals surface area contributed by atoms with E-state index in [1.807, 2.05) is 48.2 Å². The number of carbonyl (C=O) groups excluding carboxylic acids is 2. The fraction of sp³-hybridized carbons (Fsp3) is 0.412. The van der Waals surface area contributed by atoms with Crippen LogP contribution in [0.1, 0.15) is 30.5 Å². The Morgan fingerprint density at radius 3 is 2.55 bits per heavy atom. The van der Waals surface area contributed by atoms with Crippen LogP contribution in [0, 0.1) is 6.92 Å². The number of carbonyl (C=O) groups is 2. The number of hydrogen-bond acceptors (Lipinski definition) is 5. The maximum atomic E-state index is 12.4. The molecule has 2 aliphatic heterocycles. The van der Waals surface area contributed by atoms with E-state index in [2.05, 4.69) is 0 Å². The highest BCUT2D eigenvalue weighted by molar-refractivity contribution is 5.87. The summed E-state index contributed by atoms with van der Waals surface area (Å²) in [6, 6.07) is 7.90. The molecule has 0 aliphatic carbocycles. The van der Waals surface area contributed by atoms with Gasteiger partial charge in [0.2, 0.25) is 0 Å². The van der Waals surface area contributed by atoms with Crippen molar-refractivity contribution in [3.63, 3.8) is 0 Å². The van der Waals surface area contributed by atoms with Gasteiger partial charge in [-0.1, -0.05) is 35.9 Å². The second-order valence-corrected chi connectivity index (χ2v) is 5.77. The van der Waals surface area contributed by atoms with E-state index in [1.165, 1.54) is 14.0 Å². The van der Waals surface area contributed by atoms with Gasteiger partial charge < -0.3 is 9.47 Å². The Labute approximate surface area is 129 Å². The third-order valence-electron chi connectivity index (χ3n) is 4.35. The van der Waals surface area contributed by atoms with Crippen molar-refractivity contribution in [1.29, 1.82) is 0 Å². The number of benzene rings is 1. The average molecular weight is 301 g/mol. The van der Waals surface area contributed by atoms with Gasteiger partial charge >= 0.3 is 11.9 Å². The van der Waals surface area contributed by atoms with Gasteiger partial charge in [-0.05, 0) is 25.0 Å². The van der Waals surface area contributed by atoms with Crippen molar-refractivity contribution in [2.75, 3.05) is 7.11 Å². The van der Waals surface area contributed by atoms with Crippen LogP contribution in [0.4, 0.5) is 0 Å². The lowest BCUT2D eigenvalue weighted by Crippen LogP contribution is -2.38. The third kappa shape index (κ3) is 2.13. The Bertz CT molecular complexity index is 637. The van der Waals surface area contributed by atoms with Crippen LogP contribution >= 0.6 is 0 Å². The minimum atomic E-state index is -0.765. The molecule has 1 saturated heterocycles. The van der Waals surface area contributed by atoms with E-state index >= 15 is 0 Å². The van der Waals surface area contributed by atoms with E-state index < -0.39 is 11.8 Å². The molecule has 1 fully saturated rings. The lowest BCUT2D eigenvalue weighted by molar-refractivity contribution is -0.154. The van der Waals surface area contributed by atoms with Gasteiger partial charge in [-0.25, -0.2) is 9.69 Å². The number of nitrogens with zero attached hydrogens (tertiary/aromatic N) is 1. The standard InChI is InChI=1S/C17H19NO4/c1-11-6-8-13(9-7-11)15-17(16(20)21-3)10-4-5-14(18(15)17)22-12(2)19/h4-9,14-15H,10H2,1-3H3/t14-,15+,17+,18?/m1/s1. The Hall–Kier alpha value is -2.14. The van der Waals surface area contributed by atoms with Crippen molar-refractivity contribution >= 4 is 11.9 Å². The minimum Gasteiger partial charge on any atom is -0.468 e. The molecule has 4 atom stereocenters. The lowest BCUT2D eigenvalue weighted by atomic mass is 9.94. The highest BCUT2D eigenvalue weighted by Crippen LogP contribution is 2.59. The summed E-state index contributed by atoms with van der Waals surface area (Å²) < 4.78 is 10.3. The number of hydrogen-bond donors (Lipinski definition) is 0. The first-order valence-corrected chi connectivity index (χ1v) is 7.28. The quantitative estimate of drug-likeness (QED) is 0.486. The molecule has 2 aliphatic rings. The topological polar surface area (TPSA) is 55.6 Å². The molecular weight excluding hydrogens is 282 g/mol. The van der Waals surface area contributed by atoms with Crippen LogP contribution in [-0.2, 0) is 19.1 Å². The van der Waals surface area contributed by atoms with Crippen molar-refractivity contribution in [3.8, 4) is 0 Å². The summed E-state index contributed by atoms with van der Waals surface area (Å²) >= 11 is 0. The van der Waals surface area contributed by atoms with E-state index in [4.69, 9.17) is 9.47 Å². The van der Waals surface area contributed by atoms with Crippen LogP contribution in [0.2, 0.25) is 0 Å². The van der Waals surface area contributed by atoms with Gasteiger partial charge in [-0.2, -0.15) is 0 Å². The molecule has 22 heavy (non-hydrogen) atoms. The molecule has 0 saturated carbocycles. The Morgan fingerprint density at radius 1 is 1.27 bits per heavy atom. The largest absolute Gasteiger partial charge is 0.468 e. The van der Waals surface area contributed by atoms with E-state index in [0.717, 1.165) is 11.1 Å². The first-order valence-electron chi connectivity index (χ1n) is 7.28. The molecule has 0 amide bonds. The van der Waals surface area contributed by atoms with Gasteiger partial charge in [-0.3, -0.25) is 4.79 Å². The third-order valence-corrected chi connectivity index (χ3v) is 4.35. The number of esters is 2. The summed E-state index contributed by atoms with van der Waals surface area (Å²) in [5.41, 5.74) is 1.42. The van der Waals surface area contributed by atoms with Crippen LogP contribution in [0.5, 0.6) is 0 Å². The second-order valence-electron chi connectivity index (χ2n) is 5.77. The van der Waals surface area contributed by atoms with Gasteiger partial charge in [0.1, 0.15) is 5.54 Å². The van der Waals surface area contributed by atoms with E-state index in [-0.39, 0.29) is 18.0 Å². The van der Waals surface area contributed by atoms with Crippen LogP contribution in [0.15, 0.2) is 36.4 Å². The van der Waals surface area contributed by atoms with Gasteiger partial charge in [0.15, 0.2) is 6.23 Å². The van der Waals surface area contributed by atoms with Gasteiger partial charge in [0.25, 0.3) is 0 Å². The molecule has 0 radical (unpaired) electrons. The molecule has 0 aromatic heterocycles. The predicted octanol–water partition coefficient (Wildman–Crippen LogP) is 2.11. The fourth-order valence-electron chi connectivity index (χ4n) is 3.33. The molecule has 1 aromatic carbocycles. The molecule has 3 rings (SSSR count). The zero-order valence-corrected chi connectivity index (χ0v) is 12.9. The summed E-state index contributed by atoms with van der Waals surface area (Å²) in [5, 5.41) is 0. The number of rotatable bonds is 3. The maximum Gasteiger partial charge on any atom is 0.328 e. The molecule has 1 aromatic rings. The highest BCUT2D eigenvalue weighted by atomic mass is 16.6. The summed E-state index contributed by atoms with van der Waals surface area (Å²) in [5.74, 6) is -0.663. The normalized spacial score (nSPS) is 32.0. The van der Waals surface area contributed by atoms with Gasteiger partial charge in [0.05, 0.1) is 13.2 Å². The summed E-state index contributed by atoms with van der Waals surface area (Å²) in [7, 11) is 1.39. The highest BCUT2D eigenvalue weighted by Gasteiger charge is 2.72. The first kappa shape index (κ1) is 14.8. The molecule has 5 heteroatoms. The zero-order valence-electron chi connectivity index (χ0n) is 12.9. The predicted molar refractivity (Wildman–Crippen MR) is 79.8 cm³/mol. The molecule has 0 spiro atoms. The second kappa shape index (κ2) is 5.25. The lowest BCUT2D eigenvalue weighted by Gasteiger charge is -2.23. The van der Waals surface area contributed by atoms with Crippen molar-refractivity contribution in [2.24, 2.45) is 0 Å². The van der Waals surface area contributed by atoms with E-state index in [0.29, 0.717) is 6.42 Å². The SMILES string of the molecule is COC(=O)[C@@]12CC=C[C@@H](OC(C)=O)N1[C@H]2c1ccc(C)cc1. The molecule has 5 nitrogen and oxygen atoms in total. The number of aryl methyl sites for hydroxylation is 1. The summed E-state index contributed by atoms with van der Waals surface area (Å²) in [6.45, 7) is 3.38. The van der Waals surface area contributed by atoms with E-state index in [1.54, 1.807) is 0 Å². The maximum absolute atomic E-state index is 12.4. The molecule has 0 N–H and O–H groups in total. The van der Waals surface area contributed by atoms with Crippen molar-refractivity contribution in [2.45, 2.75) is 38.1 Å². The summed E-state index contributed by atoms with van der Waals surface area (Å²) in [6.07, 6.45) is 3.72. The molecule has 1 unspecified atom stereocenters. The number of methoxy groups -OCH3 is 1. The smallest absolute Gasteiger partial charge is 0.328 e. The number of ether oxygens (including phenoxy) is 2. The first-order chi connectivity index (χ1) is 10.5. The summed E-state index contributed by atoms with van der Waals surface area (Å²) in [4.78, 5) is 25.6. The van der Waals surface area contributed by atoms with Crippen molar-refractivity contribution in [1.82, 2.24) is 4.90 Å². The van der Waals surface area contributed by atoms with Gasteiger partial charge in [-0.15, -0.1) is 0 Å². The Balaban J connectivity index is 1.97. The number of fused-ring (bicyclic) bond motifs is 1. The van der Waals surface area contributed by atoms with Crippen LogP contribution < -0.4 is 0 Å². The van der Waals surface area contributed by atoms with Crippen molar-refractivity contribution in [3.05, 3.63) is 47.5 Å². The average Bonchev–Trinajstić information content (AvgIpc) is 3.18.